The summed E-state index contributed by atoms with van der Waals surface area (Å²) in [5, 5.41) is 3.32. The quantitative estimate of drug-likeness (QED) is 0.206. The topological polar surface area (TPSA) is 61.9 Å². The van der Waals surface area contributed by atoms with Crippen molar-refractivity contribution in [3.8, 4) is 5.75 Å². The van der Waals surface area contributed by atoms with Crippen molar-refractivity contribution in [1.29, 1.82) is 0 Å². The lowest BCUT2D eigenvalue weighted by molar-refractivity contribution is -0.118. The Kier molecular flexibility index (Phi) is 7.88. The van der Waals surface area contributed by atoms with Gasteiger partial charge in [-0.15, -0.1) is 0 Å². The molecule has 7 heteroatoms. The van der Waals surface area contributed by atoms with E-state index >= 15 is 0 Å². The largest absolute Gasteiger partial charge is 0.484 e. The monoisotopic (exact) mass is 573 g/mol. The van der Waals surface area contributed by atoms with Crippen molar-refractivity contribution in [2.24, 2.45) is 0 Å². The Labute approximate surface area is 249 Å². The first-order valence-corrected chi connectivity index (χ1v) is 14.0. The second kappa shape index (κ2) is 12.2. The summed E-state index contributed by atoms with van der Waals surface area (Å²) >= 11 is 6.01. The molecule has 6 nitrogen and oxygen atoms in total. The first-order chi connectivity index (χ1) is 20.6. The molecule has 6 rings (SSSR count). The van der Waals surface area contributed by atoms with Gasteiger partial charge in [0.1, 0.15) is 11.9 Å². The number of hydrogen-bond donors (Lipinski definition) is 1. The standard InChI is InChI=1S/C35H28ClN3O3/c36-27-12-9-13-28(22-27)37-33(40)24-42-30-20-18-26(19-21-30)34-38(23-25-10-3-1-4-11-25)32-17-8-7-16-31(32)35(41)39(34)29-14-5-2-6-15-29/h1-22,34H,23-24H2,(H,37,40)/t34-/m0/s1. The molecule has 208 valence electrons. The summed E-state index contributed by atoms with van der Waals surface area (Å²) in [4.78, 5) is 30.6. The van der Waals surface area contributed by atoms with Crippen LogP contribution in [0.3, 0.4) is 0 Å². The molecule has 0 saturated heterocycles. The Bertz CT molecular complexity index is 1690. The van der Waals surface area contributed by atoms with E-state index in [9.17, 15) is 9.59 Å². The molecule has 0 fully saturated rings. The van der Waals surface area contributed by atoms with Crippen molar-refractivity contribution in [3.63, 3.8) is 0 Å². The van der Waals surface area contributed by atoms with Crippen LogP contribution in [0, 0.1) is 0 Å². The summed E-state index contributed by atoms with van der Waals surface area (Å²) in [7, 11) is 0. The first kappa shape index (κ1) is 27.1. The lowest BCUT2D eigenvalue weighted by atomic mass is 9.99. The number of amides is 2. The number of fused-ring (bicyclic) bond motifs is 1. The maximum Gasteiger partial charge on any atom is 0.262 e. The zero-order valence-corrected chi connectivity index (χ0v) is 23.4. The van der Waals surface area contributed by atoms with Gasteiger partial charge in [0, 0.05) is 22.9 Å². The van der Waals surface area contributed by atoms with Crippen LogP contribution in [-0.2, 0) is 11.3 Å². The van der Waals surface area contributed by atoms with E-state index in [2.05, 4.69) is 22.3 Å². The Balaban J connectivity index is 1.31. The zero-order valence-electron chi connectivity index (χ0n) is 22.7. The summed E-state index contributed by atoms with van der Waals surface area (Å²) < 4.78 is 5.78. The molecule has 1 heterocycles. The lowest BCUT2D eigenvalue weighted by Gasteiger charge is -2.46. The minimum absolute atomic E-state index is 0.0656. The number of hydrogen-bond acceptors (Lipinski definition) is 4. The van der Waals surface area contributed by atoms with E-state index in [-0.39, 0.29) is 18.4 Å². The van der Waals surface area contributed by atoms with Crippen LogP contribution in [0.4, 0.5) is 17.1 Å². The second-order valence-corrected chi connectivity index (χ2v) is 10.4. The molecule has 0 aromatic heterocycles. The summed E-state index contributed by atoms with van der Waals surface area (Å²) in [5.41, 5.74) is 4.98. The molecule has 0 saturated carbocycles. The molecule has 42 heavy (non-hydrogen) atoms. The van der Waals surface area contributed by atoms with Crippen LogP contribution in [0.1, 0.15) is 27.7 Å². The molecule has 0 bridgehead atoms. The van der Waals surface area contributed by atoms with Gasteiger partial charge >= 0.3 is 0 Å². The average molecular weight is 574 g/mol. The Morgan fingerprint density at radius 1 is 0.786 bits per heavy atom. The minimum atomic E-state index is -0.421. The van der Waals surface area contributed by atoms with Crippen molar-refractivity contribution in [3.05, 3.63) is 155 Å². The molecule has 1 aliphatic rings. The molecule has 0 radical (unpaired) electrons. The molecular weight excluding hydrogens is 546 g/mol. The van der Waals surface area contributed by atoms with Crippen LogP contribution in [0.5, 0.6) is 5.75 Å². The van der Waals surface area contributed by atoms with Gasteiger partial charge in [-0.25, -0.2) is 0 Å². The highest BCUT2D eigenvalue weighted by Gasteiger charge is 2.39. The molecule has 5 aromatic rings. The van der Waals surface area contributed by atoms with Crippen LogP contribution < -0.4 is 19.9 Å². The minimum Gasteiger partial charge on any atom is -0.484 e. The van der Waals surface area contributed by atoms with Crippen LogP contribution in [0.2, 0.25) is 5.02 Å². The highest BCUT2D eigenvalue weighted by atomic mass is 35.5. The fraction of sp³-hybridized carbons (Fsp3) is 0.0857. The number of para-hydroxylation sites is 2. The summed E-state index contributed by atoms with van der Waals surface area (Å²) in [6, 6.07) is 42.2. The number of anilines is 3. The molecule has 1 atom stereocenters. The zero-order chi connectivity index (χ0) is 28.9. The number of nitrogens with zero attached hydrogens (tertiary/aromatic N) is 2. The maximum absolute atomic E-state index is 14.0. The van der Waals surface area contributed by atoms with Gasteiger partial charge in [0.25, 0.3) is 11.8 Å². The van der Waals surface area contributed by atoms with Gasteiger partial charge in [0.05, 0.1) is 11.3 Å². The fourth-order valence-electron chi connectivity index (χ4n) is 5.19. The van der Waals surface area contributed by atoms with Crippen molar-refractivity contribution in [2.75, 3.05) is 21.7 Å². The summed E-state index contributed by atoms with van der Waals surface area (Å²) in [6.07, 6.45) is -0.421. The van der Waals surface area contributed by atoms with E-state index in [1.54, 1.807) is 24.3 Å². The second-order valence-electron chi connectivity index (χ2n) is 9.93. The van der Waals surface area contributed by atoms with Crippen LogP contribution in [-0.4, -0.2) is 18.4 Å². The van der Waals surface area contributed by atoms with E-state index in [0.29, 0.717) is 28.6 Å². The fourth-order valence-corrected chi connectivity index (χ4v) is 5.38. The third-order valence-corrected chi connectivity index (χ3v) is 7.32. The van der Waals surface area contributed by atoms with Crippen molar-refractivity contribution in [1.82, 2.24) is 0 Å². The molecular formula is C35H28ClN3O3. The third kappa shape index (κ3) is 5.85. The normalized spacial score (nSPS) is 14.3. The average Bonchev–Trinajstić information content (AvgIpc) is 3.02. The third-order valence-electron chi connectivity index (χ3n) is 7.09. The van der Waals surface area contributed by atoms with Crippen LogP contribution >= 0.6 is 11.6 Å². The predicted octanol–water partition coefficient (Wildman–Crippen LogP) is 7.72. The number of rotatable bonds is 8. The molecule has 0 spiro atoms. The number of halogens is 1. The van der Waals surface area contributed by atoms with Crippen molar-refractivity contribution in [2.45, 2.75) is 12.7 Å². The Hall–Kier alpha value is -5.07. The highest BCUT2D eigenvalue weighted by Crippen LogP contribution is 2.42. The molecule has 0 unspecified atom stereocenters. The van der Waals surface area contributed by atoms with Crippen LogP contribution in [0.25, 0.3) is 0 Å². The maximum atomic E-state index is 14.0. The van der Waals surface area contributed by atoms with Gasteiger partial charge in [-0.2, -0.15) is 0 Å². The number of benzene rings is 5. The summed E-state index contributed by atoms with van der Waals surface area (Å²) in [5.74, 6) is 0.188. The number of carbonyl (C=O) groups excluding carboxylic acids is 2. The first-order valence-electron chi connectivity index (χ1n) is 13.6. The van der Waals surface area contributed by atoms with Gasteiger partial charge in [0.15, 0.2) is 6.61 Å². The van der Waals surface area contributed by atoms with Crippen molar-refractivity contribution >= 4 is 40.5 Å². The van der Waals surface area contributed by atoms with Gasteiger partial charge in [-0.3, -0.25) is 14.5 Å². The molecule has 5 aromatic carbocycles. The lowest BCUT2D eigenvalue weighted by Crippen LogP contribution is -2.49. The van der Waals surface area contributed by atoms with Gasteiger partial charge < -0.3 is 15.0 Å². The molecule has 2 amide bonds. The van der Waals surface area contributed by atoms with E-state index < -0.39 is 6.17 Å². The van der Waals surface area contributed by atoms with Crippen LogP contribution in [0.15, 0.2) is 133 Å². The number of carbonyl (C=O) groups is 2. The Morgan fingerprint density at radius 2 is 1.48 bits per heavy atom. The van der Waals surface area contributed by atoms with Crippen molar-refractivity contribution < 1.29 is 14.3 Å². The number of ether oxygens (including phenoxy) is 1. The highest BCUT2D eigenvalue weighted by molar-refractivity contribution is 6.30. The van der Waals surface area contributed by atoms with Gasteiger partial charge in [-0.05, 0) is 65.7 Å². The smallest absolute Gasteiger partial charge is 0.262 e. The molecule has 0 aliphatic carbocycles. The molecule has 1 N–H and O–H groups in total. The van der Waals surface area contributed by atoms with E-state index in [4.69, 9.17) is 16.3 Å². The van der Waals surface area contributed by atoms with Gasteiger partial charge in [-0.1, -0.05) is 90.5 Å². The predicted molar refractivity (Wildman–Crippen MR) is 167 cm³/mol. The summed E-state index contributed by atoms with van der Waals surface area (Å²) in [6.45, 7) is 0.443. The van der Waals surface area contributed by atoms with E-state index in [1.165, 1.54) is 0 Å². The molecule has 1 aliphatic heterocycles. The van der Waals surface area contributed by atoms with Gasteiger partial charge in [0.2, 0.25) is 0 Å². The van der Waals surface area contributed by atoms with E-state index in [0.717, 1.165) is 22.5 Å². The number of nitrogens with one attached hydrogen (secondary N) is 1. The SMILES string of the molecule is O=C(COc1ccc([C@H]2N(Cc3ccccc3)c3ccccc3C(=O)N2c2ccccc2)cc1)Nc1cccc(Cl)c1. The Morgan fingerprint density at radius 3 is 2.21 bits per heavy atom. The van der Waals surface area contributed by atoms with E-state index in [1.807, 2.05) is 102 Å².